The van der Waals surface area contributed by atoms with Crippen LogP contribution in [0.3, 0.4) is 0 Å². The summed E-state index contributed by atoms with van der Waals surface area (Å²) in [4.78, 5) is 37.6. The van der Waals surface area contributed by atoms with Crippen molar-refractivity contribution in [1.82, 2.24) is 19.4 Å². The molecule has 3 fully saturated rings. The van der Waals surface area contributed by atoms with Crippen LogP contribution in [0.15, 0.2) is 34.4 Å². The molecule has 3 aliphatic carbocycles. The molecule has 3 aromatic heterocycles. The number of thiophene rings is 1. The van der Waals surface area contributed by atoms with Crippen molar-refractivity contribution in [2.24, 2.45) is 5.41 Å². The zero-order valence-electron chi connectivity index (χ0n) is 26.2. The van der Waals surface area contributed by atoms with E-state index in [2.05, 4.69) is 9.88 Å². The number of carboxylic acid groups (broad SMARTS) is 1. The number of fused-ring (bicyclic) bond motifs is 3. The minimum absolute atomic E-state index is 0.0177. The number of halogens is 3. The molecule has 246 valence electrons. The van der Waals surface area contributed by atoms with Gasteiger partial charge in [-0.25, -0.2) is 18.6 Å². The van der Waals surface area contributed by atoms with Gasteiger partial charge in [0.15, 0.2) is 0 Å². The van der Waals surface area contributed by atoms with Crippen LogP contribution in [0.1, 0.15) is 71.7 Å². The lowest BCUT2D eigenvalue weighted by molar-refractivity contribution is 0.00859. The number of rotatable bonds is 7. The van der Waals surface area contributed by atoms with E-state index in [4.69, 9.17) is 21.3 Å². The Kier molecular flexibility index (Phi) is 7.10. The van der Waals surface area contributed by atoms with Gasteiger partial charge in [-0.2, -0.15) is 0 Å². The highest BCUT2D eigenvalue weighted by Gasteiger charge is 2.71. The third-order valence-electron chi connectivity index (χ3n) is 10.9. The van der Waals surface area contributed by atoms with Crippen LogP contribution >= 0.6 is 22.9 Å². The van der Waals surface area contributed by atoms with E-state index in [1.54, 1.807) is 28.1 Å². The van der Waals surface area contributed by atoms with Gasteiger partial charge in [0.1, 0.15) is 18.2 Å². The summed E-state index contributed by atoms with van der Waals surface area (Å²) in [5.41, 5.74) is 3.27. The molecule has 2 atom stereocenters. The number of ether oxygens (including phenoxy) is 1. The van der Waals surface area contributed by atoms with Crippen molar-refractivity contribution in [2.45, 2.75) is 82.7 Å². The predicted octanol–water partition coefficient (Wildman–Crippen LogP) is 7.04. The first-order valence-corrected chi connectivity index (χ1v) is 17.4. The number of aryl methyl sites for hydroxylation is 2. The van der Waals surface area contributed by atoms with Gasteiger partial charge in [0.05, 0.1) is 33.4 Å². The number of carbonyl (C=O) groups is 1. The Hall–Kier alpha value is -3.41. The van der Waals surface area contributed by atoms with Gasteiger partial charge >= 0.3 is 5.97 Å². The summed E-state index contributed by atoms with van der Waals surface area (Å²) in [6, 6.07) is 7.27. The molecule has 0 radical (unpaired) electrons. The van der Waals surface area contributed by atoms with E-state index in [1.807, 2.05) is 19.9 Å². The van der Waals surface area contributed by atoms with E-state index < -0.39 is 17.3 Å². The maximum absolute atomic E-state index is 14.3. The van der Waals surface area contributed by atoms with Crippen molar-refractivity contribution in [3.63, 3.8) is 0 Å². The number of aromatic carboxylic acids is 1. The SMILES string of the molecule is Cc1cc(-c2cc(Cl)ccc2OCCn2c(C)nc3c(c2=O)C[C@H](N2CCC[C@@]4(C2)CC4(F)F)CC32CC2)c2scc(C(=O)O)c2n1. The Morgan fingerprint density at radius 1 is 1.17 bits per heavy atom. The van der Waals surface area contributed by atoms with Crippen molar-refractivity contribution in [2.75, 3.05) is 19.7 Å². The summed E-state index contributed by atoms with van der Waals surface area (Å²) in [5, 5.41) is 11.8. The van der Waals surface area contributed by atoms with Crippen molar-refractivity contribution in [1.29, 1.82) is 0 Å². The number of carboxylic acids is 1. The van der Waals surface area contributed by atoms with Crippen molar-refractivity contribution in [3.8, 4) is 16.9 Å². The molecule has 4 aliphatic rings. The number of nitrogens with zero attached hydrogens (tertiary/aromatic N) is 4. The number of piperidine rings is 1. The van der Waals surface area contributed by atoms with Crippen LogP contribution < -0.4 is 10.3 Å². The molecule has 1 aliphatic heterocycles. The van der Waals surface area contributed by atoms with Crippen LogP contribution in [0.25, 0.3) is 21.3 Å². The summed E-state index contributed by atoms with van der Waals surface area (Å²) in [6.07, 6.45) is 4.69. The molecule has 2 saturated carbocycles. The van der Waals surface area contributed by atoms with Crippen molar-refractivity contribution in [3.05, 3.63) is 73.4 Å². The molecule has 12 heteroatoms. The van der Waals surface area contributed by atoms with Crippen LogP contribution in [-0.4, -0.2) is 62.2 Å². The first-order chi connectivity index (χ1) is 22.4. The molecule has 4 aromatic rings. The molecule has 47 heavy (non-hydrogen) atoms. The number of hydrogen-bond donors (Lipinski definition) is 1. The molecule has 0 unspecified atom stereocenters. The Balaban J connectivity index is 1.06. The number of alkyl halides is 2. The van der Waals surface area contributed by atoms with E-state index in [1.165, 1.54) is 11.3 Å². The number of pyridine rings is 1. The monoisotopic (exact) mass is 680 g/mol. The molecular formula is C35H35ClF2N4O4S. The fraction of sp³-hybridized carbons (Fsp3) is 0.486. The first-order valence-electron chi connectivity index (χ1n) is 16.2. The summed E-state index contributed by atoms with van der Waals surface area (Å²) >= 11 is 7.73. The number of benzene rings is 1. The zero-order valence-corrected chi connectivity index (χ0v) is 27.8. The third kappa shape index (κ3) is 5.07. The van der Waals surface area contributed by atoms with Gasteiger partial charge in [-0.15, -0.1) is 11.3 Å². The van der Waals surface area contributed by atoms with E-state index in [0.29, 0.717) is 52.8 Å². The van der Waals surface area contributed by atoms with Crippen LogP contribution in [0, 0.1) is 19.3 Å². The van der Waals surface area contributed by atoms with Gasteiger partial charge in [-0.1, -0.05) is 11.6 Å². The van der Waals surface area contributed by atoms with E-state index >= 15 is 0 Å². The third-order valence-corrected chi connectivity index (χ3v) is 12.1. The maximum atomic E-state index is 14.3. The smallest absolute Gasteiger partial charge is 0.338 e. The van der Waals surface area contributed by atoms with Gasteiger partial charge in [0.25, 0.3) is 11.5 Å². The predicted molar refractivity (Wildman–Crippen MR) is 176 cm³/mol. The lowest BCUT2D eigenvalue weighted by Crippen LogP contribution is -2.50. The summed E-state index contributed by atoms with van der Waals surface area (Å²) in [7, 11) is 0. The Morgan fingerprint density at radius 2 is 1.96 bits per heavy atom. The van der Waals surface area contributed by atoms with Gasteiger partial charge in [-0.3, -0.25) is 19.2 Å². The van der Waals surface area contributed by atoms with Crippen molar-refractivity contribution < 1.29 is 23.4 Å². The lowest BCUT2D eigenvalue weighted by atomic mass is 9.79. The fourth-order valence-corrected chi connectivity index (χ4v) is 9.35. The second kappa shape index (κ2) is 10.8. The average molecular weight is 681 g/mol. The number of hydrogen-bond acceptors (Lipinski definition) is 7. The summed E-state index contributed by atoms with van der Waals surface area (Å²) < 4.78 is 37.4. The normalized spacial score (nSPS) is 24.1. The average Bonchev–Trinajstić information content (AvgIpc) is 3.83. The molecule has 0 bridgehead atoms. The summed E-state index contributed by atoms with van der Waals surface area (Å²) in [6.45, 7) is 5.34. The van der Waals surface area contributed by atoms with Gasteiger partial charge in [0, 0.05) is 57.2 Å². The highest BCUT2D eigenvalue weighted by molar-refractivity contribution is 7.18. The minimum atomic E-state index is -2.57. The number of aromatic nitrogens is 3. The second-order valence-electron chi connectivity index (χ2n) is 14.0. The molecule has 8 rings (SSSR count). The zero-order chi connectivity index (χ0) is 32.9. The Bertz CT molecular complexity index is 2020. The Morgan fingerprint density at radius 3 is 2.68 bits per heavy atom. The van der Waals surface area contributed by atoms with Crippen LogP contribution in [0.5, 0.6) is 5.75 Å². The summed E-state index contributed by atoms with van der Waals surface area (Å²) in [5.74, 6) is -2.42. The number of likely N-dealkylation sites (tertiary alicyclic amines) is 1. The molecule has 2 spiro atoms. The van der Waals surface area contributed by atoms with Gasteiger partial charge in [-0.05, 0) is 83.2 Å². The first kappa shape index (κ1) is 30.9. The topological polar surface area (TPSA) is 97.6 Å². The molecular weight excluding hydrogens is 646 g/mol. The highest BCUT2D eigenvalue weighted by Crippen LogP contribution is 2.65. The molecule has 1 saturated heterocycles. The second-order valence-corrected chi connectivity index (χ2v) is 15.3. The Labute approximate surface area is 279 Å². The molecule has 1 aromatic carbocycles. The lowest BCUT2D eigenvalue weighted by Gasteiger charge is -2.42. The van der Waals surface area contributed by atoms with Crippen molar-refractivity contribution >= 4 is 39.1 Å². The van der Waals surface area contributed by atoms with E-state index in [9.17, 15) is 23.5 Å². The maximum Gasteiger partial charge on any atom is 0.338 e. The standard InChI is InChI=1S/C35H35ClF2N4O4S/c1-19-12-24(29-28(39-19)26(16-47-29)32(44)45)23-13-21(36)4-5-27(23)46-11-10-42-20(2)40-30-25(31(42)43)14-22(15-33(30)7-8-33)41-9-3-6-34(18-41)17-35(34,37)38/h4-5,12-13,16,22H,3,6-11,14-15,17-18H2,1-2H3,(H,44,45)/t22-,34-/m0/s1. The fourth-order valence-electron chi connectivity index (χ4n) is 8.17. The molecule has 4 heterocycles. The quantitative estimate of drug-likeness (QED) is 0.224. The largest absolute Gasteiger partial charge is 0.491 e. The molecule has 0 amide bonds. The molecule has 8 nitrogen and oxygen atoms in total. The minimum Gasteiger partial charge on any atom is -0.491 e. The van der Waals surface area contributed by atoms with E-state index in [-0.39, 0.29) is 42.2 Å². The van der Waals surface area contributed by atoms with E-state index in [0.717, 1.165) is 53.7 Å². The van der Waals surface area contributed by atoms with Crippen LogP contribution in [0.2, 0.25) is 5.02 Å². The molecule has 1 N–H and O–H groups in total. The highest BCUT2D eigenvalue weighted by atomic mass is 35.5. The van der Waals surface area contributed by atoms with Gasteiger partial charge in [0.2, 0.25) is 0 Å². The van der Waals surface area contributed by atoms with Gasteiger partial charge < -0.3 is 9.84 Å². The van der Waals surface area contributed by atoms with Crippen LogP contribution in [0.4, 0.5) is 8.78 Å². The van der Waals surface area contributed by atoms with Crippen LogP contribution in [-0.2, 0) is 18.4 Å².